The van der Waals surface area contributed by atoms with Gasteiger partial charge in [-0.15, -0.1) is 10.2 Å². The van der Waals surface area contributed by atoms with E-state index in [4.69, 9.17) is 33.8 Å². The molecule has 0 aliphatic rings. The lowest BCUT2D eigenvalue weighted by Crippen LogP contribution is -2.16. The van der Waals surface area contributed by atoms with Crippen LogP contribution in [-0.4, -0.2) is 14.9 Å². The zero-order valence-electron chi connectivity index (χ0n) is 13.4. The first-order chi connectivity index (χ1) is 12.1. The number of thioether (sulfide) groups is 1. The molecule has 1 unspecified atom stereocenters. The highest BCUT2D eigenvalue weighted by Gasteiger charge is 2.16. The summed E-state index contributed by atoms with van der Waals surface area (Å²) in [4.78, 5) is 0. The average molecular weight is 395 g/mol. The highest BCUT2D eigenvalue weighted by molar-refractivity contribution is 7.99. The molecular formula is C17H16Cl2N4OS. The quantitative estimate of drug-likeness (QED) is 0.483. The van der Waals surface area contributed by atoms with Gasteiger partial charge in [0.2, 0.25) is 5.16 Å². The van der Waals surface area contributed by atoms with E-state index < -0.39 is 0 Å². The van der Waals surface area contributed by atoms with Crippen LogP contribution in [0.5, 0.6) is 5.75 Å². The van der Waals surface area contributed by atoms with Crippen molar-refractivity contribution >= 4 is 35.0 Å². The number of nitrogens with two attached hydrogens (primary N) is 1. The van der Waals surface area contributed by atoms with E-state index in [-0.39, 0.29) is 11.9 Å². The Labute approximate surface area is 160 Å². The summed E-state index contributed by atoms with van der Waals surface area (Å²) in [6.45, 7) is 2.21. The van der Waals surface area contributed by atoms with Gasteiger partial charge < -0.3 is 10.6 Å². The Kier molecular flexibility index (Phi) is 5.73. The molecule has 130 valence electrons. The molecule has 5 nitrogen and oxygen atoms in total. The highest BCUT2D eigenvalue weighted by atomic mass is 35.5. The number of hydrogen-bond donors (Lipinski definition) is 1. The minimum atomic E-state index is 0.118. The molecule has 0 aliphatic carbocycles. The van der Waals surface area contributed by atoms with E-state index in [0.717, 1.165) is 0 Å². The predicted octanol–water partition coefficient (Wildman–Crippen LogP) is 4.73. The van der Waals surface area contributed by atoms with Gasteiger partial charge in [-0.3, -0.25) is 0 Å². The van der Waals surface area contributed by atoms with E-state index in [0.29, 0.717) is 26.8 Å². The van der Waals surface area contributed by atoms with Gasteiger partial charge in [0.15, 0.2) is 11.6 Å². The van der Waals surface area contributed by atoms with Gasteiger partial charge >= 0.3 is 0 Å². The fourth-order valence-electron chi connectivity index (χ4n) is 2.19. The van der Waals surface area contributed by atoms with Gasteiger partial charge in [0.1, 0.15) is 6.61 Å². The van der Waals surface area contributed by atoms with Gasteiger partial charge in [-0.05, 0) is 24.6 Å². The first-order valence-corrected chi connectivity index (χ1v) is 9.17. The Morgan fingerprint density at radius 1 is 1.08 bits per heavy atom. The number of aromatic nitrogens is 3. The molecule has 2 N–H and O–H groups in total. The zero-order valence-corrected chi connectivity index (χ0v) is 15.7. The average Bonchev–Trinajstić information content (AvgIpc) is 2.95. The Morgan fingerprint density at radius 2 is 1.76 bits per heavy atom. The van der Waals surface area contributed by atoms with E-state index in [1.54, 1.807) is 18.2 Å². The Bertz CT molecular complexity index is 837. The van der Waals surface area contributed by atoms with Crippen LogP contribution in [0.15, 0.2) is 53.7 Å². The molecule has 1 aromatic heterocycles. The van der Waals surface area contributed by atoms with E-state index in [1.807, 2.05) is 18.2 Å². The minimum absolute atomic E-state index is 0.118. The SMILES string of the molecule is CC(Sc1nnc(COc2c(Cl)cccc2Cl)n1N)c1ccccc1. The lowest BCUT2D eigenvalue weighted by molar-refractivity contribution is 0.292. The molecule has 0 saturated heterocycles. The van der Waals surface area contributed by atoms with E-state index in [1.165, 1.54) is 22.0 Å². The van der Waals surface area contributed by atoms with Crippen LogP contribution in [0.1, 0.15) is 23.6 Å². The first-order valence-electron chi connectivity index (χ1n) is 7.54. The highest BCUT2D eigenvalue weighted by Crippen LogP contribution is 2.34. The zero-order chi connectivity index (χ0) is 17.8. The second-order valence-corrected chi connectivity index (χ2v) is 7.40. The van der Waals surface area contributed by atoms with Crippen LogP contribution in [0.3, 0.4) is 0 Å². The van der Waals surface area contributed by atoms with Gasteiger partial charge in [0, 0.05) is 5.25 Å². The molecule has 1 heterocycles. The van der Waals surface area contributed by atoms with Crippen LogP contribution >= 0.6 is 35.0 Å². The summed E-state index contributed by atoms with van der Waals surface area (Å²) in [6, 6.07) is 15.3. The maximum Gasteiger partial charge on any atom is 0.210 e. The normalized spacial score (nSPS) is 12.1. The van der Waals surface area contributed by atoms with Crippen LogP contribution in [0.25, 0.3) is 0 Å². The van der Waals surface area contributed by atoms with Crippen molar-refractivity contribution in [3.05, 3.63) is 70.0 Å². The molecule has 3 aromatic rings. The van der Waals surface area contributed by atoms with Crippen molar-refractivity contribution < 1.29 is 4.74 Å². The number of ether oxygens (including phenoxy) is 1. The fraction of sp³-hybridized carbons (Fsp3) is 0.176. The molecule has 1 atom stereocenters. The standard InChI is InChI=1S/C17H16Cl2N4OS/c1-11(12-6-3-2-4-7-12)25-17-22-21-15(23(17)20)10-24-16-13(18)8-5-9-14(16)19/h2-9,11H,10,20H2,1H3. The topological polar surface area (TPSA) is 66.0 Å². The summed E-state index contributed by atoms with van der Waals surface area (Å²) in [5.41, 5.74) is 1.19. The third-order valence-corrected chi connectivity index (χ3v) is 5.26. The second-order valence-electron chi connectivity index (χ2n) is 5.28. The largest absolute Gasteiger partial charge is 0.482 e. The van der Waals surface area contributed by atoms with Gasteiger partial charge in [-0.1, -0.05) is 71.4 Å². The van der Waals surface area contributed by atoms with Crippen molar-refractivity contribution in [1.82, 2.24) is 14.9 Å². The lowest BCUT2D eigenvalue weighted by Gasteiger charge is -2.11. The number of nitrogen functional groups attached to an aromatic ring is 1. The van der Waals surface area contributed by atoms with Gasteiger partial charge in [0.05, 0.1) is 10.0 Å². The Balaban J connectivity index is 1.69. The second kappa shape index (κ2) is 7.99. The number of benzene rings is 2. The van der Waals surface area contributed by atoms with Gasteiger partial charge in [-0.2, -0.15) is 0 Å². The number of hydrogen-bond acceptors (Lipinski definition) is 5. The third kappa shape index (κ3) is 4.21. The van der Waals surface area contributed by atoms with Gasteiger partial charge in [0.25, 0.3) is 0 Å². The molecule has 0 amide bonds. The van der Waals surface area contributed by atoms with Crippen LogP contribution in [0, 0.1) is 0 Å². The van der Waals surface area contributed by atoms with Crippen LogP contribution in [0.2, 0.25) is 10.0 Å². The molecule has 25 heavy (non-hydrogen) atoms. The van der Waals surface area contributed by atoms with Crippen molar-refractivity contribution in [1.29, 1.82) is 0 Å². The van der Waals surface area contributed by atoms with Crippen LogP contribution in [0.4, 0.5) is 0 Å². The molecule has 8 heteroatoms. The molecule has 0 bridgehead atoms. The maximum atomic E-state index is 6.09. The smallest absolute Gasteiger partial charge is 0.210 e. The Hall–Kier alpha value is -1.89. The summed E-state index contributed by atoms with van der Waals surface area (Å²) >= 11 is 13.7. The van der Waals surface area contributed by atoms with Crippen molar-refractivity contribution in [2.24, 2.45) is 0 Å². The van der Waals surface area contributed by atoms with Gasteiger partial charge in [-0.25, -0.2) is 4.68 Å². The van der Waals surface area contributed by atoms with E-state index in [9.17, 15) is 0 Å². The van der Waals surface area contributed by atoms with Crippen molar-refractivity contribution in [2.75, 3.05) is 5.84 Å². The third-order valence-electron chi connectivity index (χ3n) is 3.55. The number of rotatable bonds is 6. The molecule has 0 saturated carbocycles. The summed E-state index contributed by atoms with van der Waals surface area (Å²) in [5, 5.41) is 9.91. The maximum absolute atomic E-state index is 6.09. The summed E-state index contributed by atoms with van der Waals surface area (Å²) < 4.78 is 7.09. The monoisotopic (exact) mass is 394 g/mol. The molecule has 0 aliphatic heterocycles. The fourth-order valence-corrected chi connectivity index (χ4v) is 3.62. The van der Waals surface area contributed by atoms with Crippen molar-refractivity contribution in [3.63, 3.8) is 0 Å². The van der Waals surface area contributed by atoms with Crippen LogP contribution < -0.4 is 10.6 Å². The number of nitrogens with zero attached hydrogens (tertiary/aromatic N) is 3. The van der Waals surface area contributed by atoms with Crippen molar-refractivity contribution in [3.8, 4) is 5.75 Å². The number of para-hydroxylation sites is 1. The lowest BCUT2D eigenvalue weighted by atomic mass is 10.2. The molecule has 0 radical (unpaired) electrons. The van der Waals surface area contributed by atoms with Crippen LogP contribution in [-0.2, 0) is 6.61 Å². The molecule has 0 fully saturated rings. The van der Waals surface area contributed by atoms with E-state index in [2.05, 4.69) is 29.3 Å². The predicted molar refractivity (Wildman–Crippen MR) is 102 cm³/mol. The summed E-state index contributed by atoms with van der Waals surface area (Å²) in [5.74, 6) is 6.98. The molecule has 0 spiro atoms. The Morgan fingerprint density at radius 3 is 2.44 bits per heavy atom. The summed E-state index contributed by atoms with van der Waals surface area (Å²) in [7, 11) is 0. The molecule has 3 rings (SSSR count). The van der Waals surface area contributed by atoms with Crippen molar-refractivity contribution in [2.45, 2.75) is 23.9 Å². The number of halogens is 2. The van der Waals surface area contributed by atoms with E-state index >= 15 is 0 Å². The minimum Gasteiger partial charge on any atom is -0.482 e. The molecular weight excluding hydrogens is 379 g/mol. The first kappa shape index (κ1) is 17.9. The molecule has 2 aromatic carbocycles. The summed E-state index contributed by atoms with van der Waals surface area (Å²) in [6.07, 6.45) is 0.